The molecule has 1 heterocycles. The molecule has 4 nitrogen and oxygen atoms in total. The van der Waals surface area contributed by atoms with E-state index in [0.29, 0.717) is 0 Å². The molecular weight excluding hydrogens is 260 g/mol. The number of hydrogen-bond donors (Lipinski definition) is 1. The smallest absolute Gasteiger partial charge is 0.134 e. The number of benzene rings is 1. The van der Waals surface area contributed by atoms with Gasteiger partial charge in [-0.3, -0.25) is 0 Å². The summed E-state index contributed by atoms with van der Waals surface area (Å²) in [6, 6.07) is 12.5. The van der Waals surface area contributed by atoms with Gasteiger partial charge < -0.3 is 10.2 Å². The van der Waals surface area contributed by atoms with Gasteiger partial charge in [0.1, 0.15) is 17.5 Å². The van der Waals surface area contributed by atoms with Crippen LogP contribution in [0.4, 0.5) is 11.6 Å². The number of hydrogen-bond acceptors (Lipinski definition) is 4. The minimum atomic E-state index is 0.803. The summed E-state index contributed by atoms with van der Waals surface area (Å²) in [4.78, 5) is 11.3. The normalized spacial score (nSPS) is 10.4. The summed E-state index contributed by atoms with van der Waals surface area (Å²) in [6.45, 7) is 8.95. The Morgan fingerprint density at radius 3 is 2.52 bits per heavy atom. The largest absolute Gasteiger partial charge is 0.370 e. The zero-order valence-corrected chi connectivity index (χ0v) is 13.1. The molecule has 1 N–H and O–H groups in total. The molecule has 1 aromatic carbocycles. The van der Waals surface area contributed by atoms with Gasteiger partial charge in [-0.1, -0.05) is 37.3 Å². The molecule has 1 aromatic heterocycles. The highest BCUT2D eigenvalue weighted by molar-refractivity contribution is 5.49. The highest BCUT2D eigenvalue weighted by atomic mass is 15.2. The lowest BCUT2D eigenvalue weighted by molar-refractivity contribution is 0.804. The first kappa shape index (κ1) is 15.3. The lowest BCUT2D eigenvalue weighted by Gasteiger charge is -2.23. The summed E-state index contributed by atoms with van der Waals surface area (Å²) >= 11 is 0. The van der Waals surface area contributed by atoms with Crippen LogP contribution in [0.25, 0.3) is 0 Å². The zero-order chi connectivity index (χ0) is 15.1. The van der Waals surface area contributed by atoms with Crippen molar-refractivity contribution in [3.05, 3.63) is 47.8 Å². The Morgan fingerprint density at radius 1 is 1.10 bits per heavy atom. The molecule has 112 valence electrons. The second-order valence-electron chi connectivity index (χ2n) is 5.09. The van der Waals surface area contributed by atoms with Crippen molar-refractivity contribution in [3.8, 4) is 0 Å². The third-order valence-corrected chi connectivity index (χ3v) is 3.30. The molecule has 0 unspecified atom stereocenters. The Kier molecular flexibility index (Phi) is 5.55. The second-order valence-corrected chi connectivity index (χ2v) is 5.09. The molecule has 2 aromatic rings. The van der Waals surface area contributed by atoms with E-state index in [0.717, 1.165) is 43.5 Å². The van der Waals surface area contributed by atoms with Crippen molar-refractivity contribution in [2.24, 2.45) is 0 Å². The van der Waals surface area contributed by atoms with Crippen LogP contribution in [0.5, 0.6) is 0 Å². The van der Waals surface area contributed by atoms with Gasteiger partial charge >= 0.3 is 0 Å². The van der Waals surface area contributed by atoms with Gasteiger partial charge in [-0.05, 0) is 25.8 Å². The average Bonchev–Trinajstić information content (AvgIpc) is 2.51. The molecule has 0 spiro atoms. The molecule has 0 saturated carbocycles. The van der Waals surface area contributed by atoms with E-state index in [9.17, 15) is 0 Å². The molecule has 0 radical (unpaired) electrons. The first-order valence-corrected chi connectivity index (χ1v) is 7.61. The minimum absolute atomic E-state index is 0.803. The fourth-order valence-corrected chi connectivity index (χ4v) is 2.22. The van der Waals surface area contributed by atoms with Gasteiger partial charge in [0.05, 0.1) is 0 Å². The van der Waals surface area contributed by atoms with E-state index in [1.54, 1.807) is 0 Å². The molecule has 0 atom stereocenters. The fourth-order valence-electron chi connectivity index (χ4n) is 2.22. The topological polar surface area (TPSA) is 41.0 Å². The zero-order valence-electron chi connectivity index (χ0n) is 13.1. The van der Waals surface area contributed by atoms with Gasteiger partial charge in [-0.25, -0.2) is 9.97 Å². The fraction of sp³-hybridized carbons (Fsp3) is 0.412. The Balaban J connectivity index is 2.19. The van der Waals surface area contributed by atoms with Crippen LogP contribution in [0.15, 0.2) is 36.4 Å². The summed E-state index contributed by atoms with van der Waals surface area (Å²) in [5.41, 5.74) is 1.29. The molecule has 0 aliphatic carbocycles. The highest BCUT2D eigenvalue weighted by Crippen LogP contribution is 2.18. The molecule has 0 aliphatic heterocycles. The van der Waals surface area contributed by atoms with Crippen LogP contribution in [0.1, 0.15) is 31.7 Å². The second kappa shape index (κ2) is 7.62. The van der Waals surface area contributed by atoms with Crippen molar-refractivity contribution in [2.45, 2.75) is 33.7 Å². The molecule has 21 heavy (non-hydrogen) atoms. The Hall–Kier alpha value is -2.10. The number of aromatic nitrogens is 2. The molecule has 2 rings (SSSR count). The first-order chi connectivity index (χ1) is 10.2. The maximum atomic E-state index is 4.58. The molecule has 0 aliphatic rings. The Morgan fingerprint density at radius 2 is 1.86 bits per heavy atom. The van der Waals surface area contributed by atoms with Crippen molar-refractivity contribution in [2.75, 3.05) is 23.3 Å². The molecule has 0 saturated heterocycles. The number of nitrogens with zero attached hydrogens (tertiary/aromatic N) is 3. The van der Waals surface area contributed by atoms with E-state index in [4.69, 9.17) is 0 Å². The number of rotatable bonds is 7. The quantitative estimate of drug-likeness (QED) is 0.843. The summed E-state index contributed by atoms with van der Waals surface area (Å²) in [7, 11) is 0. The van der Waals surface area contributed by atoms with Gasteiger partial charge in [0.15, 0.2) is 0 Å². The van der Waals surface area contributed by atoms with Crippen LogP contribution in [0.3, 0.4) is 0 Å². The molecule has 4 heteroatoms. The molecule has 0 bridgehead atoms. The average molecular weight is 284 g/mol. The molecular formula is C17H24N4. The number of nitrogens with one attached hydrogen (secondary N) is 1. The van der Waals surface area contributed by atoms with Crippen molar-refractivity contribution in [1.82, 2.24) is 9.97 Å². The highest BCUT2D eigenvalue weighted by Gasteiger charge is 2.09. The van der Waals surface area contributed by atoms with Crippen LogP contribution in [-0.4, -0.2) is 23.1 Å². The number of aryl methyl sites for hydroxylation is 1. The number of anilines is 2. The van der Waals surface area contributed by atoms with Crippen molar-refractivity contribution >= 4 is 11.6 Å². The monoisotopic (exact) mass is 284 g/mol. The van der Waals surface area contributed by atoms with Gasteiger partial charge in [0.25, 0.3) is 0 Å². The summed E-state index contributed by atoms with van der Waals surface area (Å²) in [5.74, 6) is 2.69. The van der Waals surface area contributed by atoms with Crippen molar-refractivity contribution in [1.29, 1.82) is 0 Å². The minimum Gasteiger partial charge on any atom is -0.370 e. The van der Waals surface area contributed by atoms with E-state index in [2.05, 4.69) is 58.3 Å². The van der Waals surface area contributed by atoms with Gasteiger partial charge in [0.2, 0.25) is 0 Å². The van der Waals surface area contributed by atoms with Crippen LogP contribution in [0, 0.1) is 6.92 Å². The van der Waals surface area contributed by atoms with E-state index >= 15 is 0 Å². The predicted octanol–water partition coefficient (Wildman–Crippen LogP) is 3.63. The Bertz CT molecular complexity index is 554. The SMILES string of the molecule is CCCNc1cc(N(CC)Cc2ccccc2)nc(C)n1. The van der Waals surface area contributed by atoms with E-state index in [1.807, 2.05) is 19.1 Å². The Labute approximate surface area is 127 Å². The predicted molar refractivity (Wildman–Crippen MR) is 88.7 cm³/mol. The first-order valence-electron chi connectivity index (χ1n) is 7.61. The molecule has 0 amide bonds. The van der Waals surface area contributed by atoms with Gasteiger partial charge in [-0.15, -0.1) is 0 Å². The van der Waals surface area contributed by atoms with E-state index in [1.165, 1.54) is 5.56 Å². The van der Waals surface area contributed by atoms with Crippen LogP contribution < -0.4 is 10.2 Å². The van der Waals surface area contributed by atoms with E-state index < -0.39 is 0 Å². The summed E-state index contributed by atoms with van der Waals surface area (Å²) < 4.78 is 0. The van der Waals surface area contributed by atoms with Crippen LogP contribution >= 0.6 is 0 Å². The van der Waals surface area contributed by atoms with Gasteiger partial charge in [-0.2, -0.15) is 0 Å². The lowest BCUT2D eigenvalue weighted by atomic mass is 10.2. The maximum Gasteiger partial charge on any atom is 0.134 e. The van der Waals surface area contributed by atoms with Crippen molar-refractivity contribution < 1.29 is 0 Å². The van der Waals surface area contributed by atoms with Crippen LogP contribution in [-0.2, 0) is 6.54 Å². The third-order valence-electron chi connectivity index (χ3n) is 3.30. The van der Waals surface area contributed by atoms with Gasteiger partial charge in [0, 0.05) is 25.7 Å². The van der Waals surface area contributed by atoms with Crippen LogP contribution in [0.2, 0.25) is 0 Å². The summed E-state index contributed by atoms with van der Waals surface area (Å²) in [5, 5.41) is 3.34. The standard InChI is InChI=1S/C17H24N4/c1-4-11-18-16-12-17(20-14(3)19-16)21(5-2)13-15-9-7-6-8-10-15/h6-10,12H,4-5,11,13H2,1-3H3,(H,18,19,20). The maximum absolute atomic E-state index is 4.58. The lowest BCUT2D eigenvalue weighted by Crippen LogP contribution is -2.23. The van der Waals surface area contributed by atoms with Crippen molar-refractivity contribution in [3.63, 3.8) is 0 Å². The van der Waals surface area contributed by atoms with E-state index in [-0.39, 0.29) is 0 Å². The third kappa shape index (κ3) is 4.45. The molecule has 0 fully saturated rings. The summed E-state index contributed by atoms with van der Waals surface area (Å²) in [6.07, 6.45) is 1.08.